The van der Waals surface area contributed by atoms with E-state index in [-0.39, 0.29) is 0 Å². The third-order valence-corrected chi connectivity index (χ3v) is 2.70. The zero-order valence-electron chi connectivity index (χ0n) is 11.2. The van der Waals surface area contributed by atoms with Gasteiger partial charge in [-0.1, -0.05) is 57.8 Å². The van der Waals surface area contributed by atoms with Crippen LogP contribution < -0.4 is 0 Å². The molecule has 0 aliphatic rings. The Morgan fingerprint density at radius 3 is 2.35 bits per heavy atom. The molecule has 0 aromatic heterocycles. The third kappa shape index (κ3) is 9.86. The van der Waals surface area contributed by atoms with Crippen LogP contribution >= 0.6 is 0 Å². The van der Waals surface area contributed by atoms with Crippen LogP contribution in [0.15, 0.2) is 23.8 Å². The van der Waals surface area contributed by atoms with E-state index in [4.69, 9.17) is 5.11 Å². The minimum Gasteiger partial charge on any atom is -0.478 e. The molecule has 0 saturated carbocycles. The zero-order chi connectivity index (χ0) is 12.9. The van der Waals surface area contributed by atoms with Crippen molar-refractivity contribution >= 4 is 5.97 Å². The van der Waals surface area contributed by atoms with Crippen LogP contribution in [-0.2, 0) is 4.79 Å². The van der Waals surface area contributed by atoms with Crippen molar-refractivity contribution in [1.29, 1.82) is 0 Å². The number of unbranched alkanes of at least 4 members (excludes halogenated alkanes) is 5. The van der Waals surface area contributed by atoms with E-state index in [0.29, 0.717) is 12.0 Å². The van der Waals surface area contributed by atoms with Crippen LogP contribution in [0.3, 0.4) is 0 Å². The summed E-state index contributed by atoms with van der Waals surface area (Å²) >= 11 is 0. The number of rotatable bonds is 10. The molecule has 0 atom stereocenters. The maximum atomic E-state index is 10.8. The fourth-order valence-electron chi connectivity index (χ4n) is 1.70. The first-order valence-electron chi connectivity index (χ1n) is 6.79. The number of carboxylic acids is 1. The van der Waals surface area contributed by atoms with Gasteiger partial charge >= 0.3 is 5.97 Å². The Morgan fingerprint density at radius 1 is 1.06 bits per heavy atom. The molecule has 0 bridgehead atoms. The molecule has 0 spiro atoms. The van der Waals surface area contributed by atoms with Crippen LogP contribution in [0.2, 0.25) is 0 Å². The van der Waals surface area contributed by atoms with E-state index in [9.17, 15) is 4.79 Å². The summed E-state index contributed by atoms with van der Waals surface area (Å²) in [7, 11) is 0. The van der Waals surface area contributed by atoms with Crippen molar-refractivity contribution in [2.75, 3.05) is 0 Å². The smallest absolute Gasteiger partial charge is 0.331 e. The summed E-state index contributed by atoms with van der Waals surface area (Å²) in [5.74, 6) is -0.792. The van der Waals surface area contributed by atoms with E-state index in [1.54, 1.807) is 6.08 Å². The molecule has 0 rings (SSSR count). The number of aliphatic carboxylic acids is 1. The Kier molecular flexibility index (Phi) is 10.7. The van der Waals surface area contributed by atoms with Gasteiger partial charge in [-0.3, -0.25) is 0 Å². The molecule has 2 nitrogen and oxygen atoms in total. The number of carbonyl (C=O) groups is 1. The Morgan fingerprint density at radius 2 is 1.76 bits per heavy atom. The summed E-state index contributed by atoms with van der Waals surface area (Å²) in [5, 5.41) is 8.90. The molecule has 98 valence electrons. The summed E-state index contributed by atoms with van der Waals surface area (Å²) in [6.07, 6.45) is 14.7. The molecule has 0 aliphatic carbocycles. The van der Waals surface area contributed by atoms with Crippen molar-refractivity contribution in [3.05, 3.63) is 23.8 Å². The van der Waals surface area contributed by atoms with E-state index < -0.39 is 5.97 Å². The lowest BCUT2D eigenvalue weighted by atomic mass is 10.1. The predicted molar refractivity (Wildman–Crippen MR) is 73.1 cm³/mol. The Hall–Kier alpha value is -1.05. The van der Waals surface area contributed by atoms with E-state index in [0.717, 1.165) is 12.8 Å². The van der Waals surface area contributed by atoms with Crippen molar-refractivity contribution in [1.82, 2.24) is 0 Å². The van der Waals surface area contributed by atoms with Crippen LogP contribution in [0.5, 0.6) is 0 Å². The second-order valence-electron chi connectivity index (χ2n) is 4.32. The summed E-state index contributed by atoms with van der Waals surface area (Å²) in [6.45, 7) is 4.17. The van der Waals surface area contributed by atoms with E-state index >= 15 is 0 Å². The fraction of sp³-hybridized carbons (Fsp3) is 0.667. The lowest BCUT2D eigenvalue weighted by Gasteiger charge is -1.98. The van der Waals surface area contributed by atoms with Gasteiger partial charge in [-0.05, 0) is 25.7 Å². The number of hydrogen-bond acceptors (Lipinski definition) is 1. The predicted octanol–water partition coefficient (Wildman–Crippen LogP) is 4.71. The molecule has 0 unspecified atom stereocenters. The molecule has 0 aliphatic heterocycles. The summed E-state index contributed by atoms with van der Waals surface area (Å²) in [4.78, 5) is 10.8. The first-order valence-corrected chi connectivity index (χ1v) is 6.79. The van der Waals surface area contributed by atoms with Crippen LogP contribution in [-0.4, -0.2) is 11.1 Å². The summed E-state index contributed by atoms with van der Waals surface area (Å²) < 4.78 is 0. The molecule has 2 heteroatoms. The van der Waals surface area contributed by atoms with Crippen LogP contribution in [0.4, 0.5) is 0 Å². The first-order chi connectivity index (χ1) is 8.22. The maximum absolute atomic E-state index is 10.8. The molecule has 0 aromatic carbocycles. The van der Waals surface area contributed by atoms with Gasteiger partial charge in [0, 0.05) is 5.57 Å². The minimum atomic E-state index is -0.792. The van der Waals surface area contributed by atoms with E-state index in [2.05, 4.69) is 13.0 Å². The summed E-state index contributed by atoms with van der Waals surface area (Å²) in [5.41, 5.74) is 0.509. The average Bonchev–Trinajstić information content (AvgIpc) is 2.31. The molecule has 17 heavy (non-hydrogen) atoms. The molecular formula is C15H26O2. The lowest BCUT2D eigenvalue weighted by molar-refractivity contribution is -0.132. The Bertz CT molecular complexity index is 252. The molecule has 0 fully saturated rings. The molecule has 0 radical (unpaired) electrons. The van der Waals surface area contributed by atoms with Crippen molar-refractivity contribution in [3.63, 3.8) is 0 Å². The minimum absolute atomic E-state index is 0.509. The second kappa shape index (κ2) is 11.4. The number of hydrogen-bond donors (Lipinski definition) is 1. The molecule has 0 heterocycles. The van der Waals surface area contributed by atoms with E-state index in [1.807, 2.05) is 13.0 Å². The van der Waals surface area contributed by atoms with Gasteiger partial charge in [-0.15, -0.1) is 0 Å². The van der Waals surface area contributed by atoms with Gasteiger partial charge < -0.3 is 5.11 Å². The van der Waals surface area contributed by atoms with Crippen molar-refractivity contribution < 1.29 is 9.90 Å². The van der Waals surface area contributed by atoms with Crippen molar-refractivity contribution in [3.8, 4) is 0 Å². The Labute approximate surface area is 105 Å². The fourth-order valence-corrected chi connectivity index (χ4v) is 1.70. The van der Waals surface area contributed by atoms with Gasteiger partial charge in [0.1, 0.15) is 0 Å². The molecular weight excluding hydrogens is 212 g/mol. The molecule has 0 aromatic rings. The zero-order valence-corrected chi connectivity index (χ0v) is 11.2. The highest BCUT2D eigenvalue weighted by molar-refractivity contribution is 5.86. The standard InChI is InChI=1S/C15H26O2/c1-3-5-6-7-8-9-10-11-13-14(12-4-2)15(16)17/h10-12H,3-9,13H2,1-2H3,(H,16,17). The molecule has 1 N–H and O–H groups in total. The molecule has 0 saturated heterocycles. The third-order valence-electron chi connectivity index (χ3n) is 2.70. The lowest BCUT2D eigenvalue weighted by Crippen LogP contribution is -1.99. The van der Waals surface area contributed by atoms with Crippen molar-refractivity contribution in [2.45, 2.75) is 65.2 Å². The van der Waals surface area contributed by atoms with Gasteiger partial charge in [0.15, 0.2) is 0 Å². The number of allylic oxidation sites excluding steroid dienone is 3. The van der Waals surface area contributed by atoms with Crippen LogP contribution in [0, 0.1) is 0 Å². The second-order valence-corrected chi connectivity index (χ2v) is 4.32. The highest BCUT2D eigenvalue weighted by atomic mass is 16.4. The monoisotopic (exact) mass is 238 g/mol. The van der Waals surface area contributed by atoms with Gasteiger partial charge in [-0.25, -0.2) is 4.79 Å². The number of carboxylic acid groups (broad SMARTS) is 1. The highest BCUT2D eigenvalue weighted by Crippen LogP contribution is 2.08. The van der Waals surface area contributed by atoms with Gasteiger partial charge in [0.2, 0.25) is 0 Å². The quantitative estimate of drug-likeness (QED) is 0.340. The van der Waals surface area contributed by atoms with Gasteiger partial charge in [0.25, 0.3) is 0 Å². The van der Waals surface area contributed by atoms with E-state index in [1.165, 1.54) is 32.1 Å². The average molecular weight is 238 g/mol. The Balaban J connectivity index is 3.64. The van der Waals surface area contributed by atoms with Gasteiger partial charge in [-0.2, -0.15) is 0 Å². The topological polar surface area (TPSA) is 37.3 Å². The summed E-state index contributed by atoms with van der Waals surface area (Å²) in [6, 6.07) is 0. The van der Waals surface area contributed by atoms with Crippen molar-refractivity contribution in [2.24, 2.45) is 0 Å². The van der Waals surface area contributed by atoms with Gasteiger partial charge in [0.05, 0.1) is 0 Å². The normalized spacial score (nSPS) is 12.2. The first kappa shape index (κ1) is 16.0. The largest absolute Gasteiger partial charge is 0.478 e. The van der Waals surface area contributed by atoms with Crippen LogP contribution in [0.1, 0.15) is 65.2 Å². The van der Waals surface area contributed by atoms with Crippen LogP contribution in [0.25, 0.3) is 0 Å². The highest BCUT2D eigenvalue weighted by Gasteiger charge is 2.02. The molecule has 0 amide bonds. The SMILES string of the molecule is CCC=C(CC=CCCCCCCC)C(=O)O. The maximum Gasteiger partial charge on any atom is 0.331 e.